The predicted molar refractivity (Wildman–Crippen MR) is 94.0 cm³/mol. The SMILES string of the molecule is CCc1nc(C)nc(NC[C@@H](C)Oc2ncc(Cl)cc2Cl)c1Cl. The Morgan fingerprint density at radius 3 is 2.65 bits per heavy atom. The van der Waals surface area contributed by atoms with Gasteiger partial charge in [-0.1, -0.05) is 41.7 Å². The van der Waals surface area contributed by atoms with Crippen LogP contribution in [0.3, 0.4) is 0 Å². The summed E-state index contributed by atoms with van der Waals surface area (Å²) in [5.41, 5.74) is 0.817. The highest BCUT2D eigenvalue weighted by molar-refractivity contribution is 6.35. The van der Waals surface area contributed by atoms with Gasteiger partial charge in [-0.05, 0) is 26.3 Å². The van der Waals surface area contributed by atoms with Gasteiger partial charge in [0.15, 0.2) is 0 Å². The molecule has 2 rings (SSSR count). The average molecular weight is 376 g/mol. The number of rotatable bonds is 6. The van der Waals surface area contributed by atoms with Crippen molar-refractivity contribution in [1.29, 1.82) is 0 Å². The number of anilines is 1. The van der Waals surface area contributed by atoms with Gasteiger partial charge < -0.3 is 10.1 Å². The van der Waals surface area contributed by atoms with Crippen molar-refractivity contribution in [2.75, 3.05) is 11.9 Å². The van der Waals surface area contributed by atoms with E-state index in [4.69, 9.17) is 39.5 Å². The van der Waals surface area contributed by atoms with Crippen molar-refractivity contribution in [3.8, 4) is 5.88 Å². The van der Waals surface area contributed by atoms with E-state index < -0.39 is 0 Å². The van der Waals surface area contributed by atoms with Crippen molar-refractivity contribution in [1.82, 2.24) is 15.0 Å². The molecule has 124 valence electrons. The summed E-state index contributed by atoms with van der Waals surface area (Å²) < 4.78 is 5.70. The lowest BCUT2D eigenvalue weighted by Gasteiger charge is -2.17. The van der Waals surface area contributed by atoms with Crippen LogP contribution in [0, 0.1) is 6.92 Å². The molecule has 0 fully saturated rings. The van der Waals surface area contributed by atoms with E-state index >= 15 is 0 Å². The number of ether oxygens (including phenoxy) is 1. The van der Waals surface area contributed by atoms with Crippen molar-refractivity contribution >= 4 is 40.6 Å². The monoisotopic (exact) mass is 374 g/mol. The number of nitrogens with one attached hydrogen (secondary N) is 1. The molecule has 0 unspecified atom stereocenters. The lowest BCUT2D eigenvalue weighted by atomic mass is 10.3. The molecule has 0 saturated carbocycles. The largest absolute Gasteiger partial charge is 0.472 e. The summed E-state index contributed by atoms with van der Waals surface area (Å²) in [6, 6.07) is 1.59. The van der Waals surface area contributed by atoms with E-state index in [0.29, 0.717) is 39.1 Å². The summed E-state index contributed by atoms with van der Waals surface area (Å²) in [6.07, 6.45) is 2.03. The Bertz CT molecular complexity index is 697. The fraction of sp³-hybridized carbons (Fsp3) is 0.400. The maximum atomic E-state index is 6.29. The number of hydrogen-bond donors (Lipinski definition) is 1. The Balaban J connectivity index is 2.02. The average Bonchev–Trinajstić information content (AvgIpc) is 2.50. The molecule has 8 heteroatoms. The molecule has 1 atom stereocenters. The number of aryl methyl sites for hydroxylation is 2. The topological polar surface area (TPSA) is 59.9 Å². The minimum absolute atomic E-state index is 0.197. The summed E-state index contributed by atoms with van der Waals surface area (Å²) in [7, 11) is 0. The van der Waals surface area contributed by atoms with Crippen LogP contribution in [-0.4, -0.2) is 27.6 Å². The van der Waals surface area contributed by atoms with E-state index in [1.165, 1.54) is 6.20 Å². The molecular weight excluding hydrogens is 359 g/mol. The minimum Gasteiger partial charge on any atom is -0.472 e. The molecule has 0 aliphatic heterocycles. The van der Waals surface area contributed by atoms with Crippen molar-refractivity contribution < 1.29 is 4.74 Å². The third kappa shape index (κ3) is 4.83. The van der Waals surface area contributed by atoms with Gasteiger partial charge in [-0.25, -0.2) is 15.0 Å². The van der Waals surface area contributed by atoms with Crippen molar-refractivity contribution in [3.63, 3.8) is 0 Å². The van der Waals surface area contributed by atoms with Crippen molar-refractivity contribution in [3.05, 3.63) is 38.8 Å². The molecule has 1 N–H and O–H groups in total. The normalized spacial score (nSPS) is 12.1. The van der Waals surface area contributed by atoms with Gasteiger partial charge in [-0.15, -0.1) is 0 Å². The maximum Gasteiger partial charge on any atom is 0.232 e. The second-order valence-corrected chi connectivity index (χ2v) is 6.21. The van der Waals surface area contributed by atoms with E-state index in [1.807, 2.05) is 20.8 Å². The molecule has 0 radical (unpaired) electrons. The lowest BCUT2D eigenvalue weighted by Crippen LogP contribution is -2.24. The lowest BCUT2D eigenvalue weighted by molar-refractivity contribution is 0.225. The van der Waals surface area contributed by atoms with E-state index in [9.17, 15) is 0 Å². The number of halogens is 3. The summed E-state index contributed by atoms with van der Waals surface area (Å²) >= 11 is 18.1. The number of nitrogens with zero attached hydrogens (tertiary/aromatic N) is 3. The summed E-state index contributed by atoms with van der Waals surface area (Å²) in [5, 5.41) is 4.54. The van der Waals surface area contributed by atoms with Gasteiger partial charge >= 0.3 is 0 Å². The first-order valence-corrected chi connectivity index (χ1v) is 8.28. The molecule has 2 aromatic heterocycles. The number of aromatic nitrogens is 3. The first-order valence-electron chi connectivity index (χ1n) is 7.15. The van der Waals surface area contributed by atoms with Crippen LogP contribution in [0.25, 0.3) is 0 Å². The molecular formula is C15H17Cl3N4O. The number of hydrogen-bond acceptors (Lipinski definition) is 5. The zero-order valence-corrected chi connectivity index (χ0v) is 15.3. The molecule has 2 aromatic rings. The molecule has 2 heterocycles. The molecule has 0 saturated heterocycles. The van der Waals surface area contributed by atoms with E-state index in [1.54, 1.807) is 6.07 Å². The van der Waals surface area contributed by atoms with Crippen LogP contribution in [-0.2, 0) is 6.42 Å². The molecule has 0 amide bonds. The first kappa shape index (κ1) is 18.0. The second kappa shape index (κ2) is 7.99. The van der Waals surface area contributed by atoms with E-state index in [-0.39, 0.29) is 6.10 Å². The molecule has 5 nitrogen and oxygen atoms in total. The molecule has 0 bridgehead atoms. The van der Waals surface area contributed by atoms with Gasteiger partial charge in [0, 0.05) is 6.20 Å². The standard InChI is InChI=1S/C15H17Cl3N4O/c1-4-12-13(18)14(22-9(3)21-12)19-6-8(2)23-15-11(17)5-10(16)7-20-15/h5,7-8H,4,6H2,1-3H3,(H,19,21,22)/t8-/m1/s1. The summed E-state index contributed by atoms with van der Waals surface area (Å²) in [6.45, 7) is 6.21. The van der Waals surface area contributed by atoms with Crippen LogP contribution in [0.15, 0.2) is 12.3 Å². The van der Waals surface area contributed by atoms with Gasteiger partial charge in [0.2, 0.25) is 5.88 Å². The Labute approximate surface area is 150 Å². The van der Waals surface area contributed by atoms with Crippen molar-refractivity contribution in [2.24, 2.45) is 0 Å². The number of pyridine rings is 1. The molecule has 23 heavy (non-hydrogen) atoms. The van der Waals surface area contributed by atoms with Gasteiger partial charge in [-0.3, -0.25) is 0 Å². The molecule has 0 aliphatic rings. The van der Waals surface area contributed by atoms with Crippen LogP contribution in [0.4, 0.5) is 5.82 Å². The molecule has 0 aliphatic carbocycles. The third-order valence-corrected chi connectivity index (χ3v) is 3.88. The summed E-state index contributed by atoms with van der Waals surface area (Å²) in [4.78, 5) is 12.7. The highest BCUT2D eigenvalue weighted by Crippen LogP contribution is 2.26. The Kier molecular flexibility index (Phi) is 6.27. The highest BCUT2D eigenvalue weighted by atomic mass is 35.5. The zero-order valence-electron chi connectivity index (χ0n) is 13.0. The van der Waals surface area contributed by atoms with Crippen molar-refractivity contribution in [2.45, 2.75) is 33.3 Å². The van der Waals surface area contributed by atoms with Crippen LogP contribution in [0.2, 0.25) is 15.1 Å². The summed E-state index contributed by atoms with van der Waals surface area (Å²) in [5.74, 6) is 1.61. The van der Waals surface area contributed by atoms with Gasteiger partial charge in [-0.2, -0.15) is 0 Å². The fourth-order valence-electron chi connectivity index (χ4n) is 1.93. The van der Waals surface area contributed by atoms with E-state index in [2.05, 4.69) is 20.3 Å². The Morgan fingerprint density at radius 2 is 2.00 bits per heavy atom. The highest BCUT2D eigenvalue weighted by Gasteiger charge is 2.13. The predicted octanol–water partition coefficient (Wildman–Crippen LogP) is 4.58. The first-order chi connectivity index (χ1) is 10.9. The Hall–Kier alpha value is -1.30. The van der Waals surface area contributed by atoms with Gasteiger partial charge in [0.1, 0.15) is 27.8 Å². The zero-order chi connectivity index (χ0) is 17.0. The van der Waals surface area contributed by atoms with Crippen LogP contribution in [0.5, 0.6) is 5.88 Å². The van der Waals surface area contributed by atoms with Gasteiger partial charge in [0.25, 0.3) is 0 Å². The van der Waals surface area contributed by atoms with Crippen LogP contribution >= 0.6 is 34.8 Å². The van der Waals surface area contributed by atoms with Crippen LogP contribution < -0.4 is 10.1 Å². The molecule has 0 aromatic carbocycles. The second-order valence-electron chi connectivity index (χ2n) is 4.98. The maximum absolute atomic E-state index is 6.29. The minimum atomic E-state index is -0.197. The van der Waals surface area contributed by atoms with Crippen LogP contribution in [0.1, 0.15) is 25.4 Å². The van der Waals surface area contributed by atoms with E-state index in [0.717, 1.165) is 12.1 Å². The van der Waals surface area contributed by atoms with Gasteiger partial charge in [0.05, 0.1) is 17.3 Å². The fourth-order valence-corrected chi connectivity index (χ4v) is 2.64. The molecule has 0 spiro atoms. The third-order valence-electron chi connectivity index (χ3n) is 3.01. The smallest absolute Gasteiger partial charge is 0.232 e. The Morgan fingerprint density at radius 1 is 1.26 bits per heavy atom. The quantitative estimate of drug-likeness (QED) is 0.800.